The number of carboxylic acid groups (broad SMARTS) is 1. The van der Waals surface area contributed by atoms with E-state index in [1.54, 1.807) is 12.1 Å². The summed E-state index contributed by atoms with van der Waals surface area (Å²) in [7, 11) is 0. The molecule has 3 rings (SSSR count). The number of aromatic carboxylic acids is 1. The molecule has 0 aromatic heterocycles. The first-order valence-corrected chi connectivity index (χ1v) is 7.93. The molecule has 2 aromatic rings. The molecule has 23 heavy (non-hydrogen) atoms. The number of benzene rings is 2. The Morgan fingerprint density at radius 2 is 1.83 bits per heavy atom. The molecule has 1 heterocycles. The van der Waals surface area contributed by atoms with E-state index < -0.39 is 5.97 Å². The molecule has 0 spiro atoms. The van der Waals surface area contributed by atoms with Crippen LogP contribution in [-0.4, -0.2) is 22.2 Å². The fourth-order valence-electron chi connectivity index (χ4n) is 2.25. The van der Waals surface area contributed by atoms with E-state index in [0.29, 0.717) is 17.3 Å². The van der Waals surface area contributed by atoms with Gasteiger partial charge in [0.15, 0.2) is 5.17 Å². The Labute approximate surface area is 137 Å². The quantitative estimate of drug-likeness (QED) is 0.906. The van der Waals surface area contributed by atoms with Gasteiger partial charge in [-0.05, 0) is 29.8 Å². The summed E-state index contributed by atoms with van der Waals surface area (Å²) in [5, 5.41) is 12.2. The molecule has 1 fully saturated rings. The Morgan fingerprint density at radius 1 is 1.13 bits per heavy atom. The molecule has 1 saturated heterocycles. The standard InChI is InChI=1S/C17H14N2O3S/c20-15-10-14(11-4-2-1-3-5-11)23-17(19-15)18-13-8-6-12(7-9-13)16(21)22/h1-9,14H,10H2,(H,21,22)(H,18,19,20). The number of carbonyl (C=O) groups is 2. The van der Waals surface area contributed by atoms with Gasteiger partial charge in [-0.15, -0.1) is 0 Å². The van der Waals surface area contributed by atoms with E-state index >= 15 is 0 Å². The van der Waals surface area contributed by atoms with E-state index in [1.165, 1.54) is 23.9 Å². The molecular weight excluding hydrogens is 312 g/mol. The van der Waals surface area contributed by atoms with E-state index in [0.717, 1.165) is 5.56 Å². The van der Waals surface area contributed by atoms with Crippen LogP contribution in [0.15, 0.2) is 59.6 Å². The fraction of sp³-hybridized carbons (Fsp3) is 0.118. The minimum Gasteiger partial charge on any atom is -0.478 e. The van der Waals surface area contributed by atoms with Crippen LogP contribution in [0.4, 0.5) is 5.69 Å². The third-order valence-electron chi connectivity index (χ3n) is 3.39. The van der Waals surface area contributed by atoms with Crippen molar-refractivity contribution in [2.75, 3.05) is 0 Å². The van der Waals surface area contributed by atoms with Gasteiger partial charge >= 0.3 is 5.97 Å². The maximum atomic E-state index is 11.9. The number of carboxylic acids is 1. The summed E-state index contributed by atoms with van der Waals surface area (Å²) in [6, 6.07) is 16.1. The highest BCUT2D eigenvalue weighted by Gasteiger charge is 2.25. The lowest BCUT2D eigenvalue weighted by atomic mass is 10.1. The molecule has 2 aromatic carbocycles. The predicted molar refractivity (Wildman–Crippen MR) is 90.0 cm³/mol. The van der Waals surface area contributed by atoms with Crippen molar-refractivity contribution >= 4 is 34.5 Å². The van der Waals surface area contributed by atoms with Crippen molar-refractivity contribution in [3.63, 3.8) is 0 Å². The summed E-state index contributed by atoms with van der Waals surface area (Å²) < 4.78 is 0. The van der Waals surface area contributed by atoms with Crippen molar-refractivity contribution in [3.8, 4) is 0 Å². The SMILES string of the molecule is O=C1CC(c2ccccc2)SC(=Nc2ccc(C(=O)O)cc2)N1. The molecule has 1 unspecified atom stereocenters. The van der Waals surface area contributed by atoms with E-state index in [2.05, 4.69) is 10.3 Å². The van der Waals surface area contributed by atoms with Crippen LogP contribution in [0.2, 0.25) is 0 Å². The van der Waals surface area contributed by atoms with Gasteiger partial charge in [0.25, 0.3) is 0 Å². The molecule has 1 amide bonds. The van der Waals surface area contributed by atoms with Gasteiger partial charge in [0.1, 0.15) is 0 Å². The second-order valence-electron chi connectivity index (χ2n) is 5.04. The van der Waals surface area contributed by atoms with Gasteiger partial charge in [0.05, 0.1) is 11.3 Å². The first-order chi connectivity index (χ1) is 11.1. The highest BCUT2D eigenvalue weighted by Crippen LogP contribution is 2.36. The average molecular weight is 326 g/mol. The Kier molecular flexibility index (Phi) is 4.43. The first-order valence-electron chi connectivity index (χ1n) is 7.05. The van der Waals surface area contributed by atoms with E-state index in [1.807, 2.05) is 30.3 Å². The summed E-state index contributed by atoms with van der Waals surface area (Å²) in [6.07, 6.45) is 0.408. The highest BCUT2D eigenvalue weighted by atomic mass is 32.2. The van der Waals surface area contributed by atoms with Crippen molar-refractivity contribution in [2.45, 2.75) is 11.7 Å². The molecule has 6 heteroatoms. The van der Waals surface area contributed by atoms with Crippen molar-refractivity contribution in [1.82, 2.24) is 5.32 Å². The van der Waals surface area contributed by atoms with Gasteiger partial charge in [0.2, 0.25) is 5.91 Å². The fourth-order valence-corrected chi connectivity index (χ4v) is 3.38. The second-order valence-corrected chi connectivity index (χ2v) is 6.23. The van der Waals surface area contributed by atoms with Crippen LogP contribution in [0.25, 0.3) is 0 Å². The topological polar surface area (TPSA) is 78.8 Å². The Hall–Kier alpha value is -2.60. The van der Waals surface area contributed by atoms with Crippen LogP contribution >= 0.6 is 11.8 Å². The zero-order valence-electron chi connectivity index (χ0n) is 12.1. The smallest absolute Gasteiger partial charge is 0.335 e. The van der Waals surface area contributed by atoms with Crippen molar-refractivity contribution in [1.29, 1.82) is 0 Å². The number of hydrogen-bond acceptors (Lipinski definition) is 4. The number of nitrogens with one attached hydrogen (secondary N) is 1. The minimum atomic E-state index is -0.978. The Morgan fingerprint density at radius 3 is 2.48 bits per heavy atom. The molecule has 0 bridgehead atoms. The third-order valence-corrected chi connectivity index (χ3v) is 4.53. The van der Waals surface area contributed by atoms with Gasteiger partial charge < -0.3 is 10.4 Å². The number of thioether (sulfide) groups is 1. The number of hydrogen-bond donors (Lipinski definition) is 2. The van der Waals surface area contributed by atoms with Crippen molar-refractivity contribution in [2.24, 2.45) is 4.99 Å². The Bertz CT molecular complexity index is 757. The molecule has 116 valence electrons. The zero-order chi connectivity index (χ0) is 16.2. The molecular formula is C17H14N2O3S. The lowest BCUT2D eigenvalue weighted by Gasteiger charge is -2.23. The van der Waals surface area contributed by atoms with Crippen LogP contribution in [0.3, 0.4) is 0 Å². The number of rotatable bonds is 3. The normalized spacial score (nSPS) is 19.4. The molecule has 1 aliphatic rings. The Balaban J connectivity index is 1.81. The predicted octanol–water partition coefficient (Wildman–Crippen LogP) is 3.37. The van der Waals surface area contributed by atoms with Gasteiger partial charge in [-0.2, -0.15) is 0 Å². The number of amidine groups is 1. The largest absolute Gasteiger partial charge is 0.478 e. The van der Waals surface area contributed by atoms with Crippen LogP contribution in [0, 0.1) is 0 Å². The van der Waals surface area contributed by atoms with Crippen molar-refractivity contribution < 1.29 is 14.7 Å². The summed E-state index contributed by atoms with van der Waals surface area (Å²) in [4.78, 5) is 27.2. The van der Waals surface area contributed by atoms with Crippen LogP contribution < -0.4 is 5.32 Å². The van der Waals surface area contributed by atoms with Gasteiger partial charge in [0, 0.05) is 11.7 Å². The number of aliphatic imine (C=N–C) groups is 1. The molecule has 1 atom stereocenters. The van der Waals surface area contributed by atoms with E-state index in [4.69, 9.17) is 5.11 Å². The molecule has 0 radical (unpaired) electrons. The third kappa shape index (κ3) is 3.78. The van der Waals surface area contributed by atoms with Crippen LogP contribution in [-0.2, 0) is 4.79 Å². The molecule has 5 nitrogen and oxygen atoms in total. The lowest BCUT2D eigenvalue weighted by Crippen LogP contribution is -2.34. The van der Waals surface area contributed by atoms with E-state index in [-0.39, 0.29) is 16.7 Å². The second kappa shape index (κ2) is 6.66. The van der Waals surface area contributed by atoms with Gasteiger partial charge in [-0.3, -0.25) is 4.79 Å². The van der Waals surface area contributed by atoms with Crippen LogP contribution in [0.1, 0.15) is 27.6 Å². The zero-order valence-corrected chi connectivity index (χ0v) is 12.9. The van der Waals surface area contributed by atoms with Gasteiger partial charge in [-0.1, -0.05) is 42.1 Å². The maximum Gasteiger partial charge on any atom is 0.335 e. The summed E-state index contributed by atoms with van der Waals surface area (Å²) >= 11 is 1.50. The van der Waals surface area contributed by atoms with E-state index in [9.17, 15) is 9.59 Å². The molecule has 2 N–H and O–H groups in total. The molecule has 0 saturated carbocycles. The highest BCUT2D eigenvalue weighted by molar-refractivity contribution is 8.14. The lowest BCUT2D eigenvalue weighted by molar-refractivity contribution is -0.119. The number of nitrogens with zero attached hydrogens (tertiary/aromatic N) is 1. The van der Waals surface area contributed by atoms with Crippen LogP contribution in [0.5, 0.6) is 0 Å². The molecule has 1 aliphatic heterocycles. The van der Waals surface area contributed by atoms with Gasteiger partial charge in [-0.25, -0.2) is 9.79 Å². The maximum absolute atomic E-state index is 11.9. The average Bonchev–Trinajstić information content (AvgIpc) is 2.55. The molecule has 0 aliphatic carbocycles. The number of carbonyl (C=O) groups excluding carboxylic acids is 1. The number of amides is 1. The minimum absolute atomic E-state index is 0.0296. The monoisotopic (exact) mass is 326 g/mol. The summed E-state index contributed by atoms with van der Waals surface area (Å²) in [5.41, 5.74) is 1.89. The summed E-state index contributed by atoms with van der Waals surface area (Å²) in [6.45, 7) is 0. The van der Waals surface area contributed by atoms with Crippen molar-refractivity contribution in [3.05, 3.63) is 65.7 Å². The summed E-state index contributed by atoms with van der Waals surface area (Å²) in [5.74, 6) is -1.05. The first kappa shape index (κ1) is 15.3.